The predicted molar refractivity (Wildman–Crippen MR) is 123 cm³/mol. The highest BCUT2D eigenvalue weighted by Crippen LogP contribution is 2.38. The normalized spacial score (nSPS) is 17.3. The topological polar surface area (TPSA) is 94.8 Å². The minimum atomic E-state index is -0.591. The monoisotopic (exact) mass is 423 g/mol. The number of hydrogen-bond donors (Lipinski definition) is 3. The van der Waals surface area contributed by atoms with Gasteiger partial charge < -0.3 is 24.8 Å². The number of carbonyl (C=O) groups excluding carboxylic acids is 1. The molecule has 3 rings (SSSR count). The van der Waals surface area contributed by atoms with E-state index in [0.717, 1.165) is 22.3 Å². The van der Waals surface area contributed by atoms with Crippen LogP contribution in [0.4, 0.5) is 10.5 Å². The van der Waals surface area contributed by atoms with E-state index < -0.39 is 24.4 Å². The first-order valence-corrected chi connectivity index (χ1v) is 10.3. The van der Waals surface area contributed by atoms with Crippen LogP contribution in [0.25, 0.3) is 6.08 Å². The van der Waals surface area contributed by atoms with Crippen molar-refractivity contribution in [2.75, 3.05) is 12.0 Å². The van der Waals surface area contributed by atoms with Crippen molar-refractivity contribution in [2.24, 2.45) is 5.84 Å². The average Bonchev–Trinajstić information content (AvgIpc) is 2.97. The van der Waals surface area contributed by atoms with E-state index in [4.69, 9.17) is 19.9 Å². The number of benzene rings is 2. The number of nitrogens with two attached hydrogens (primary N) is 1. The number of nitrogens with one attached hydrogen (secondary N) is 2. The Hall–Kier alpha value is -2.81. The molecule has 0 aliphatic carbocycles. The van der Waals surface area contributed by atoms with Crippen molar-refractivity contribution in [3.63, 3.8) is 0 Å². The Morgan fingerprint density at radius 1 is 1.03 bits per heavy atom. The molecule has 1 saturated heterocycles. The lowest BCUT2D eigenvalue weighted by Gasteiger charge is -2.32. The summed E-state index contributed by atoms with van der Waals surface area (Å²) in [6.45, 7) is 8.40. The Kier molecular flexibility index (Phi) is 7.05. The molecule has 0 atom stereocenters. The van der Waals surface area contributed by atoms with Crippen molar-refractivity contribution in [1.29, 1.82) is 0 Å². The zero-order valence-corrected chi connectivity index (χ0v) is 18.5. The van der Waals surface area contributed by atoms with Gasteiger partial charge in [-0.2, -0.15) is 0 Å². The van der Waals surface area contributed by atoms with Crippen LogP contribution in [0.3, 0.4) is 0 Å². The van der Waals surface area contributed by atoms with Gasteiger partial charge in [0.15, 0.2) is 0 Å². The van der Waals surface area contributed by atoms with Crippen LogP contribution in [-0.4, -0.2) is 31.0 Å². The van der Waals surface area contributed by atoms with Gasteiger partial charge in [-0.15, -0.1) is 0 Å². The summed E-state index contributed by atoms with van der Waals surface area (Å²) in [6, 6.07) is 17.1. The average molecular weight is 423 g/mol. The molecule has 0 aromatic heterocycles. The van der Waals surface area contributed by atoms with E-state index >= 15 is 0 Å². The van der Waals surface area contributed by atoms with E-state index in [1.807, 2.05) is 88.4 Å². The smallest absolute Gasteiger partial charge is 0.445 e. The zero-order valence-electron chi connectivity index (χ0n) is 18.5. The molecule has 7 nitrogen and oxygen atoms in total. The summed E-state index contributed by atoms with van der Waals surface area (Å²) < 4.78 is 17.7. The van der Waals surface area contributed by atoms with Crippen LogP contribution < -0.4 is 16.6 Å². The molecule has 8 heteroatoms. The largest absolute Gasteiger partial charge is 0.492 e. The minimum Gasteiger partial charge on any atom is -0.445 e. The second-order valence-corrected chi connectivity index (χ2v) is 8.49. The summed E-state index contributed by atoms with van der Waals surface area (Å²) in [5.41, 5.74) is 5.07. The molecule has 1 aliphatic heterocycles. The SMILES string of the molecule is CC1(C)OB(C(=Cc2ccc(NN)cc2)CNC(=O)OCc2ccccc2)OC1(C)C. The van der Waals surface area contributed by atoms with Gasteiger partial charge in [0.1, 0.15) is 6.61 Å². The molecule has 0 radical (unpaired) electrons. The molecule has 1 fully saturated rings. The van der Waals surface area contributed by atoms with E-state index in [0.29, 0.717) is 0 Å². The van der Waals surface area contributed by atoms with E-state index in [1.165, 1.54) is 0 Å². The van der Waals surface area contributed by atoms with E-state index in [-0.39, 0.29) is 13.2 Å². The van der Waals surface area contributed by atoms with Crippen molar-refractivity contribution in [3.8, 4) is 0 Å². The number of anilines is 1. The van der Waals surface area contributed by atoms with Gasteiger partial charge in [-0.3, -0.25) is 5.84 Å². The molecule has 1 amide bonds. The number of hydrazine groups is 1. The van der Waals surface area contributed by atoms with Crippen molar-refractivity contribution in [3.05, 3.63) is 71.2 Å². The lowest BCUT2D eigenvalue weighted by Crippen LogP contribution is -2.41. The van der Waals surface area contributed by atoms with Crippen LogP contribution >= 0.6 is 0 Å². The van der Waals surface area contributed by atoms with Crippen LogP contribution in [0.5, 0.6) is 0 Å². The summed E-state index contributed by atoms with van der Waals surface area (Å²) in [5, 5.41) is 2.81. The Morgan fingerprint density at radius 3 is 2.23 bits per heavy atom. The molecule has 1 heterocycles. The van der Waals surface area contributed by atoms with Crippen molar-refractivity contribution >= 4 is 25.0 Å². The van der Waals surface area contributed by atoms with Crippen LogP contribution in [-0.2, 0) is 20.7 Å². The Bertz CT molecular complexity index is 898. The lowest BCUT2D eigenvalue weighted by molar-refractivity contribution is 0.00578. The number of nitrogen functional groups attached to an aromatic ring is 1. The van der Waals surface area contributed by atoms with E-state index in [1.54, 1.807) is 0 Å². The number of carbonyl (C=O) groups is 1. The lowest BCUT2D eigenvalue weighted by atomic mass is 9.77. The van der Waals surface area contributed by atoms with E-state index in [2.05, 4.69) is 10.7 Å². The van der Waals surface area contributed by atoms with Crippen LogP contribution in [0, 0.1) is 0 Å². The molecule has 1 aliphatic rings. The number of rotatable bonds is 7. The van der Waals surface area contributed by atoms with Gasteiger partial charge in [0.25, 0.3) is 0 Å². The second kappa shape index (κ2) is 9.55. The van der Waals surface area contributed by atoms with Crippen molar-refractivity contribution < 1.29 is 18.8 Å². The Morgan fingerprint density at radius 2 is 1.65 bits per heavy atom. The van der Waals surface area contributed by atoms with Crippen LogP contribution in [0.1, 0.15) is 38.8 Å². The molecule has 4 N–H and O–H groups in total. The minimum absolute atomic E-state index is 0.204. The van der Waals surface area contributed by atoms with Gasteiger partial charge in [0.05, 0.1) is 11.2 Å². The van der Waals surface area contributed by atoms with E-state index in [9.17, 15) is 4.79 Å². The summed E-state index contributed by atoms with van der Waals surface area (Å²) >= 11 is 0. The summed E-state index contributed by atoms with van der Waals surface area (Å²) in [7, 11) is -0.591. The van der Waals surface area contributed by atoms with Gasteiger partial charge in [0.2, 0.25) is 0 Å². The molecule has 31 heavy (non-hydrogen) atoms. The van der Waals surface area contributed by atoms with Crippen molar-refractivity contribution in [2.45, 2.75) is 45.5 Å². The molecule has 0 unspecified atom stereocenters. The van der Waals surface area contributed by atoms with Gasteiger partial charge >= 0.3 is 13.2 Å². The second-order valence-electron chi connectivity index (χ2n) is 8.49. The van der Waals surface area contributed by atoms with Gasteiger partial charge in [-0.05, 0) is 56.4 Å². The van der Waals surface area contributed by atoms with Gasteiger partial charge in [0, 0.05) is 12.2 Å². The number of ether oxygens (including phenoxy) is 1. The Labute approximate surface area is 184 Å². The number of amides is 1. The maximum absolute atomic E-state index is 12.3. The summed E-state index contributed by atoms with van der Waals surface area (Å²) in [6.07, 6.45) is 1.44. The fourth-order valence-corrected chi connectivity index (χ4v) is 3.03. The maximum atomic E-state index is 12.3. The third-order valence-electron chi connectivity index (χ3n) is 5.64. The quantitative estimate of drug-likeness (QED) is 0.355. The highest BCUT2D eigenvalue weighted by Gasteiger charge is 2.52. The zero-order chi connectivity index (χ0) is 22.5. The number of hydrogen-bond acceptors (Lipinski definition) is 6. The highest BCUT2D eigenvalue weighted by atomic mass is 16.7. The molecule has 164 valence electrons. The standard InChI is InChI=1S/C23H30BN3O4/c1-22(2)23(3,4)31-24(30-22)19(14-17-10-12-20(27-25)13-11-17)15-26-21(28)29-16-18-8-6-5-7-9-18/h5-14,27H,15-16,25H2,1-4H3,(H,26,28). The maximum Gasteiger partial charge on any atom is 0.492 e. The molecule has 0 saturated carbocycles. The predicted octanol–water partition coefficient (Wildman–Crippen LogP) is 3.91. The molecule has 0 bridgehead atoms. The third kappa shape index (κ3) is 5.88. The highest BCUT2D eigenvalue weighted by molar-refractivity contribution is 6.56. The fourth-order valence-electron chi connectivity index (χ4n) is 3.03. The van der Waals surface area contributed by atoms with Gasteiger partial charge in [-0.1, -0.05) is 48.5 Å². The van der Waals surface area contributed by atoms with Gasteiger partial charge in [-0.25, -0.2) is 4.79 Å². The summed E-state index contributed by atoms with van der Waals surface area (Å²) in [4.78, 5) is 12.3. The summed E-state index contributed by atoms with van der Waals surface area (Å²) in [5.74, 6) is 5.45. The fraction of sp³-hybridized carbons (Fsp3) is 0.348. The molecular weight excluding hydrogens is 393 g/mol. The third-order valence-corrected chi connectivity index (χ3v) is 5.64. The molecule has 0 spiro atoms. The Balaban J connectivity index is 1.71. The van der Waals surface area contributed by atoms with Crippen LogP contribution in [0.15, 0.2) is 60.1 Å². The first-order valence-electron chi connectivity index (χ1n) is 10.3. The van der Waals surface area contributed by atoms with Crippen LogP contribution in [0.2, 0.25) is 0 Å². The molecular formula is C23H30BN3O4. The molecule has 2 aromatic rings. The molecule has 2 aromatic carbocycles. The first-order chi connectivity index (χ1) is 14.7. The first kappa shape index (κ1) is 22.9. The van der Waals surface area contributed by atoms with Crippen molar-refractivity contribution in [1.82, 2.24) is 5.32 Å². The number of alkyl carbamates (subject to hydrolysis) is 1.